The molecule has 162 valence electrons. The molecule has 0 saturated heterocycles. The summed E-state index contributed by atoms with van der Waals surface area (Å²) in [4.78, 5) is 49.1. The fourth-order valence-electron chi connectivity index (χ4n) is 2.18. The summed E-state index contributed by atoms with van der Waals surface area (Å²) in [6, 6.07) is 3.03. The molecule has 0 aromatic heterocycles. The molecule has 0 aliphatic carbocycles. The minimum absolute atomic E-state index is 0.0979. The van der Waals surface area contributed by atoms with Crippen LogP contribution in [0, 0.1) is 0 Å². The molecule has 0 saturated carbocycles. The van der Waals surface area contributed by atoms with Crippen molar-refractivity contribution in [2.24, 2.45) is 0 Å². The fraction of sp³-hybridized carbons (Fsp3) is 0.333. The van der Waals surface area contributed by atoms with Crippen LogP contribution in [0.2, 0.25) is 0 Å². The summed E-state index contributed by atoms with van der Waals surface area (Å²) >= 11 is 0. The summed E-state index contributed by atoms with van der Waals surface area (Å²) < 4.78 is 19.9. The molecule has 1 aromatic carbocycles. The van der Waals surface area contributed by atoms with Crippen LogP contribution in [0.3, 0.4) is 0 Å². The second-order valence-corrected chi connectivity index (χ2v) is 5.87. The summed E-state index contributed by atoms with van der Waals surface area (Å²) in [6.45, 7) is 3.71. The molecule has 0 aliphatic heterocycles. The number of benzene rings is 1. The van der Waals surface area contributed by atoms with E-state index >= 15 is 0 Å². The van der Waals surface area contributed by atoms with E-state index in [4.69, 9.17) is 18.9 Å². The smallest absolute Gasteiger partial charge is 0.414 e. The Morgan fingerprint density at radius 2 is 1.40 bits per heavy atom. The minimum Gasteiger partial charge on any atom is -0.465 e. The average molecular weight is 419 g/mol. The van der Waals surface area contributed by atoms with E-state index < -0.39 is 24.0 Å². The van der Waals surface area contributed by atoms with Gasteiger partial charge in [-0.2, -0.15) is 0 Å². The Bertz CT molecular complexity index is 855. The number of hydrogen-bond donors (Lipinski definition) is 0. The van der Waals surface area contributed by atoms with Crippen molar-refractivity contribution in [2.75, 3.05) is 34.4 Å². The van der Waals surface area contributed by atoms with E-state index in [-0.39, 0.29) is 35.7 Å². The normalized spacial score (nSPS) is 10.7. The Hall–Kier alpha value is -3.62. The highest BCUT2D eigenvalue weighted by Gasteiger charge is 2.23. The summed E-state index contributed by atoms with van der Waals surface area (Å²) in [6.07, 6.45) is 4.22. The maximum atomic E-state index is 12.5. The minimum atomic E-state index is -0.800. The van der Waals surface area contributed by atoms with E-state index in [9.17, 15) is 19.2 Å². The van der Waals surface area contributed by atoms with Crippen LogP contribution in [-0.2, 0) is 23.8 Å². The molecule has 0 radical (unpaired) electrons. The number of rotatable bonds is 8. The zero-order valence-corrected chi connectivity index (χ0v) is 17.6. The first kappa shape index (κ1) is 24.4. The van der Waals surface area contributed by atoms with Crippen molar-refractivity contribution >= 4 is 36.2 Å². The SMILES string of the molecule is CCOC(=O)/C=C/c1ccc(/C=C/C(=O)OCC)c(C(=O)OC)c1OC(=O)N(C)C. The average Bonchev–Trinajstić information content (AvgIpc) is 2.71. The van der Waals surface area contributed by atoms with Crippen molar-refractivity contribution in [3.63, 3.8) is 0 Å². The van der Waals surface area contributed by atoms with Gasteiger partial charge in [0.25, 0.3) is 0 Å². The highest BCUT2D eigenvalue weighted by atomic mass is 16.6. The molecule has 0 aliphatic rings. The Morgan fingerprint density at radius 1 is 0.900 bits per heavy atom. The first-order valence-corrected chi connectivity index (χ1v) is 9.09. The number of hydrogen-bond acceptors (Lipinski definition) is 8. The lowest BCUT2D eigenvalue weighted by Crippen LogP contribution is -2.26. The summed E-state index contributed by atoms with van der Waals surface area (Å²) in [5.74, 6) is -2.14. The molecule has 1 amide bonds. The lowest BCUT2D eigenvalue weighted by Gasteiger charge is -2.17. The molecule has 0 bridgehead atoms. The number of carbonyl (C=O) groups excluding carboxylic acids is 4. The number of methoxy groups -OCH3 is 1. The lowest BCUT2D eigenvalue weighted by atomic mass is 10.0. The van der Waals surface area contributed by atoms with Crippen molar-refractivity contribution in [3.8, 4) is 5.75 Å². The van der Waals surface area contributed by atoms with Crippen LogP contribution >= 0.6 is 0 Å². The third kappa shape index (κ3) is 7.08. The van der Waals surface area contributed by atoms with Gasteiger partial charge in [-0.25, -0.2) is 19.2 Å². The molecule has 0 fully saturated rings. The van der Waals surface area contributed by atoms with Crippen molar-refractivity contribution in [1.29, 1.82) is 0 Å². The van der Waals surface area contributed by atoms with Crippen LogP contribution in [0.25, 0.3) is 12.2 Å². The van der Waals surface area contributed by atoms with E-state index in [1.54, 1.807) is 13.8 Å². The zero-order chi connectivity index (χ0) is 22.7. The van der Waals surface area contributed by atoms with Crippen molar-refractivity contribution in [3.05, 3.63) is 41.0 Å². The Balaban J connectivity index is 3.58. The third-order valence-corrected chi connectivity index (χ3v) is 3.54. The highest BCUT2D eigenvalue weighted by Crippen LogP contribution is 2.31. The fourth-order valence-corrected chi connectivity index (χ4v) is 2.18. The number of amides is 1. The van der Waals surface area contributed by atoms with Gasteiger partial charge in [-0.1, -0.05) is 12.1 Å². The highest BCUT2D eigenvalue weighted by molar-refractivity contribution is 6.01. The van der Waals surface area contributed by atoms with Gasteiger partial charge >= 0.3 is 24.0 Å². The predicted molar refractivity (Wildman–Crippen MR) is 109 cm³/mol. The van der Waals surface area contributed by atoms with Gasteiger partial charge in [0, 0.05) is 31.8 Å². The standard InChI is InChI=1S/C21H25NO8/c1-6-28-16(23)12-10-14-8-9-15(11-13-17(24)29-7-2)19(18(14)20(25)27-5)30-21(26)22(3)4/h8-13H,6-7H2,1-5H3/b12-10+,13-11+. The zero-order valence-electron chi connectivity index (χ0n) is 17.6. The van der Waals surface area contributed by atoms with E-state index in [0.29, 0.717) is 0 Å². The summed E-state index contributed by atoms with van der Waals surface area (Å²) in [5.41, 5.74) is 0.413. The van der Waals surface area contributed by atoms with Crippen molar-refractivity contribution in [1.82, 2.24) is 4.90 Å². The molecule has 9 heteroatoms. The van der Waals surface area contributed by atoms with Gasteiger partial charge < -0.3 is 23.8 Å². The van der Waals surface area contributed by atoms with E-state index in [1.165, 1.54) is 50.4 Å². The molecule has 0 atom stereocenters. The molecule has 9 nitrogen and oxygen atoms in total. The first-order valence-electron chi connectivity index (χ1n) is 9.09. The van der Waals surface area contributed by atoms with Gasteiger partial charge in [-0.15, -0.1) is 0 Å². The Labute approximate surface area is 174 Å². The summed E-state index contributed by atoms with van der Waals surface area (Å²) in [5, 5.41) is 0. The van der Waals surface area contributed by atoms with E-state index in [0.717, 1.165) is 12.2 Å². The molecule has 0 heterocycles. The van der Waals surface area contributed by atoms with Crippen LogP contribution in [0.5, 0.6) is 5.75 Å². The predicted octanol–water partition coefficient (Wildman–Crippen LogP) is 2.69. The monoisotopic (exact) mass is 419 g/mol. The largest absolute Gasteiger partial charge is 0.465 e. The van der Waals surface area contributed by atoms with Crippen molar-refractivity contribution < 1.29 is 38.1 Å². The molecular formula is C21H25NO8. The first-order chi connectivity index (χ1) is 14.2. The van der Waals surface area contributed by atoms with Crippen LogP contribution in [0.4, 0.5) is 4.79 Å². The third-order valence-electron chi connectivity index (χ3n) is 3.54. The molecule has 0 unspecified atom stereocenters. The number of ether oxygens (including phenoxy) is 4. The quantitative estimate of drug-likeness (QED) is 0.359. The summed E-state index contributed by atoms with van der Waals surface area (Å²) in [7, 11) is 4.11. The Kier molecular flexibility index (Phi) is 9.81. The van der Waals surface area contributed by atoms with Gasteiger partial charge in [0.2, 0.25) is 0 Å². The molecule has 0 N–H and O–H groups in total. The molecular weight excluding hydrogens is 394 g/mol. The van der Waals surface area contributed by atoms with Crippen LogP contribution in [0.15, 0.2) is 24.3 Å². The number of esters is 3. The van der Waals surface area contributed by atoms with Gasteiger partial charge in [0.15, 0.2) is 5.75 Å². The maximum absolute atomic E-state index is 12.5. The molecule has 0 spiro atoms. The van der Waals surface area contributed by atoms with Crippen molar-refractivity contribution in [2.45, 2.75) is 13.8 Å². The number of carbonyl (C=O) groups is 4. The number of nitrogens with zero attached hydrogens (tertiary/aromatic N) is 1. The van der Waals surface area contributed by atoms with Crippen LogP contribution in [0.1, 0.15) is 35.3 Å². The van der Waals surface area contributed by atoms with Gasteiger partial charge in [-0.3, -0.25) is 0 Å². The van der Waals surface area contributed by atoms with E-state index in [1.807, 2.05) is 0 Å². The van der Waals surface area contributed by atoms with Gasteiger partial charge in [0.1, 0.15) is 5.56 Å². The van der Waals surface area contributed by atoms with E-state index in [2.05, 4.69) is 0 Å². The van der Waals surface area contributed by atoms with Crippen LogP contribution < -0.4 is 4.74 Å². The second kappa shape index (κ2) is 12.1. The van der Waals surface area contributed by atoms with Crippen LogP contribution in [-0.4, -0.2) is 63.3 Å². The topological polar surface area (TPSA) is 108 Å². The molecule has 1 rings (SSSR count). The molecule has 30 heavy (non-hydrogen) atoms. The maximum Gasteiger partial charge on any atom is 0.414 e. The lowest BCUT2D eigenvalue weighted by molar-refractivity contribution is -0.138. The van der Waals surface area contributed by atoms with Gasteiger partial charge in [-0.05, 0) is 31.6 Å². The van der Waals surface area contributed by atoms with Gasteiger partial charge in [0.05, 0.1) is 20.3 Å². The second-order valence-electron chi connectivity index (χ2n) is 5.87. The Morgan fingerprint density at radius 3 is 1.87 bits per heavy atom. The molecule has 1 aromatic rings.